The van der Waals surface area contributed by atoms with E-state index in [9.17, 15) is 14.9 Å². The van der Waals surface area contributed by atoms with Gasteiger partial charge in [0.15, 0.2) is 0 Å². The first-order chi connectivity index (χ1) is 13.5. The van der Waals surface area contributed by atoms with Gasteiger partial charge < -0.3 is 15.1 Å². The topological polar surface area (TPSA) is 94.9 Å². The van der Waals surface area contributed by atoms with Gasteiger partial charge in [0.25, 0.3) is 11.5 Å². The van der Waals surface area contributed by atoms with Crippen molar-refractivity contribution in [2.24, 2.45) is 0 Å². The van der Waals surface area contributed by atoms with Crippen LogP contribution in [0.15, 0.2) is 47.4 Å². The molecule has 2 aromatic heterocycles. The molecule has 8 heteroatoms. The van der Waals surface area contributed by atoms with E-state index in [4.69, 9.17) is 0 Å². The summed E-state index contributed by atoms with van der Waals surface area (Å²) in [7, 11) is 2.12. The number of aromatic nitrogens is 2. The van der Waals surface area contributed by atoms with Gasteiger partial charge >= 0.3 is 0 Å². The molecule has 1 aliphatic heterocycles. The van der Waals surface area contributed by atoms with Gasteiger partial charge in [-0.3, -0.25) is 14.0 Å². The van der Waals surface area contributed by atoms with Gasteiger partial charge in [-0.2, -0.15) is 5.26 Å². The second kappa shape index (κ2) is 8.50. The Morgan fingerprint density at radius 1 is 1.43 bits per heavy atom. The van der Waals surface area contributed by atoms with E-state index in [2.05, 4.69) is 23.9 Å². The maximum Gasteiger partial charge on any atom is 0.267 e. The summed E-state index contributed by atoms with van der Waals surface area (Å²) in [5, 5.41) is 12.0. The second-order valence-electron chi connectivity index (χ2n) is 6.70. The van der Waals surface area contributed by atoms with Crippen LogP contribution in [0.1, 0.15) is 5.56 Å². The summed E-state index contributed by atoms with van der Waals surface area (Å²) in [5.41, 5.74) is 0.322. The highest BCUT2D eigenvalue weighted by Gasteiger charge is 2.23. The molecule has 0 saturated carbocycles. The summed E-state index contributed by atoms with van der Waals surface area (Å²) in [6.07, 6.45) is 4.49. The predicted octanol–water partition coefficient (Wildman–Crippen LogP) is -0.762. The van der Waals surface area contributed by atoms with Gasteiger partial charge in [0.2, 0.25) is 0 Å². The van der Waals surface area contributed by atoms with Crippen LogP contribution in [0.3, 0.4) is 0 Å². The molecule has 144 valence electrons. The number of hydrogen-bond donors (Lipinski definition) is 2. The molecule has 0 radical (unpaired) electrons. The van der Waals surface area contributed by atoms with Gasteiger partial charge in [0.1, 0.15) is 23.1 Å². The highest BCUT2D eigenvalue weighted by molar-refractivity contribution is 6.02. The lowest BCUT2D eigenvalue weighted by Crippen LogP contribution is -3.12. The summed E-state index contributed by atoms with van der Waals surface area (Å²) in [4.78, 5) is 33.5. The molecule has 0 unspecified atom stereocenters. The summed E-state index contributed by atoms with van der Waals surface area (Å²) in [6.45, 7) is 7.11. The molecule has 0 aromatic carbocycles. The SMILES string of the molecule is C=CCNC(=O)/C(C#N)=C\c1c(N2CC[NH+](C)CC2)nc2ccccn2c1=O. The summed E-state index contributed by atoms with van der Waals surface area (Å²) >= 11 is 0. The Kier molecular flexibility index (Phi) is 5.87. The summed E-state index contributed by atoms with van der Waals surface area (Å²) < 4.78 is 1.42. The monoisotopic (exact) mass is 379 g/mol. The average Bonchev–Trinajstić information content (AvgIpc) is 2.72. The van der Waals surface area contributed by atoms with Crippen LogP contribution in [0.25, 0.3) is 11.7 Å². The highest BCUT2D eigenvalue weighted by Crippen LogP contribution is 2.19. The van der Waals surface area contributed by atoms with Crippen LogP contribution in [0.5, 0.6) is 0 Å². The Morgan fingerprint density at radius 2 is 2.18 bits per heavy atom. The minimum Gasteiger partial charge on any atom is -0.348 e. The van der Waals surface area contributed by atoms with E-state index < -0.39 is 5.91 Å². The third-order valence-corrected chi connectivity index (χ3v) is 4.73. The van der Waals surface area contributed by atoms with Gasteiger partial charge in [0.05, 0.1) is 38.8 Å². The third kappa shape index (κ3) is 3.94. The van der Waals surface area contributed by atoms with Gasteiger partial charge in [-0.1, -0.05) is 12.1 Å². The van der Waals surface area contributed by atoms with E-state index >= 15 is 0 Å². The van der Waals surface area contributed by atoms with Gasteiger partial charge in [0, 0.05) is 12.7 Å². The van der Waals surface area contributed by atoms with E-state index in [0.717, 1.165) is 26.2 Å². The maximum atomic E-state index is 13.1. The minimum absolute atomic E-state index is 0.141. The number of pyridine rings is 1. The van der Waals surface area contributed by atoms with Crippen molar-refractivity contribution in [1.82, 2.24) is 14.7 Å². The molecule has 2 aromatic rings. The second-order valence-corrected chi connectivity index (χ2v) is 6.70. The van der Waals surface area contributed by atoms with Crippen molar-refractivity contribution >= 4 is 23.4 Å². The lowest BCUT2D eigenvalue weighted by molar-refractivity contribution is -0.880. The molecule has 0 aliphatic carbocycles. The number of hydrogen-bond acceptors (Lipinski definition) is 5. The Morgan fingerprint density at radius 3 is 2.86 bits per heavy atom. The molecule has 2 N–H and O–H groups in total. The maximum absolute atomic E-state index is 13.1. The number of piperazine rings is 1. The van der Waals surface area contributed by atoms with Gasteiger partial charge in [-0.25, -0.2) is 4.98 Å². The molecule has 1 saturated heterocycles. The van der Waals surface area contributed by atoms with Crippen molar-refractivity contribution in [3.63, 3.8) is 0 Å². The highest BCUT2D eigenvalue weighted by atomic mass is 16.1. The molecule has 1 aliphatic rings. The van der Waals surface area contributed by atoms with Crippen LogP contribution in [0, 0.1) is 11.3 Å². The molecule has 8 nitrogen and oxygen atoms in total. The van der Waals surface area contributed by atoms with Crippen LogP contribution >= 0.6 is 0 Å². The quantitative estimate of drug-likeness (QED) is 0.405. The number of likely N-dealkylation sites (N-methyl/N-ethyl adjacent to an activating group) is 1. The van der Waals surface area contributed by atoms with Crippen LogP contribution < -0.4 is 20.7 Å². The van der Waals surface area contributed by atoms with E-state index in [1.807, 2.05) is 17.0 Å². The van der Waals surface area contributed by atoms with Crippen molar-refractivity contribution in [3.05, 3.63) is 58.5 Å². The Balaban J connectivity index is 2.14. The Hall–Kier alpha value is -3.44. The zero-order valence-corrected chi connectivity index (χ0v) is 15.8. The number of carbonyl (C=O) groups excluding carboxylic acids is 1. The number of rotatable bonds is 5. The third-order valence-electron chi connectivity index (χ3n) is 4.73. The smallest absolute Gasteiger partial charge is 0.267 e. The molecule has 1 amide bonds. The molecule has 0 spiro atoms. The lowest BCUT2D eigenvalue weighted by atomic mass is 10.1. The van der Waals surface area contributed by atoms with Crippen LogP contribution in [0.2, 0.25) is 0 Å². The zero-order chi connectivity index (χ0) is 20.1. The number of nitrogens with one attached hydrogen (secondary N) is 2. The van der Waals surface area contributed by atoms with Crippen molar-refractivity contribution in [3.8, 4) is 6.07 Å². The fourth-order valence-electron chi connectivity index (χ4n) is 3.11. The molecule has 0 atom stereocenters. The van der Waals surface area contributed by atoms with E-state index in [0.29, 0.717) is 11.5 Å². The number of fused-ring (bicyclic) bond motifs is 1. The largest absolute Gasteiger partial charge is 0.348 e. The van der Waals surface area contributed by atoms with Gasteiger partial charge in [-0.05, 0) is 18.2 Å². The lowest BCUT2D eigenvalue weighted by Gasteiger charge is -2.31. The van der Waals surface area contributed by atoms with Crippen molar-refractivity contribution in [1.29, 1.82) is 5.26 Å². The molecule has 28 heavy (non-hydrogen) atoms. The van der Waals surface area contributed by atoms with Crippen LogP contribution in [-0.2, 0) is 4.79 Å². The standard InChI is InChI=1S/C20H22N6O2/c1-3-7-22-19(27)15(14-21)13-16-18(25-11-9-24(2)10-12-25)23-17-6-4-5-8-26(17)20(16)28/h3-6,8,13H,1,7,9-12H2,2H3,(H,22,27)/p+1/b15-13-. The molecule has 0 bridgehead atoms. The van der Waals surface area contributed by atoms with Crippen molar-refractivity contribution < 1.29 is 9.69 Å². The first-order valence-electron chi connectivity index (χ1n) is 9.13. The summed E-state index contributed by atoms with van der Waals surface area (Å²) in [5.74, 6) is -0.0401. The first kappa shape index (κ1) is 19.3. The number of quaternary nitrogens is 1. The fraction of sp³-hybridized carbons (Fsp3) is 0.300. The van der Waals surface area contributed by atoms with Crippen molar-refractivity contribution in [2.45, 2.75) is 0 Å². The first-order valence-corrected chi connectivity index (χ1v) is 9.13. The fourth-order valence-corrected chi connectivity index (χ4v) is 3.11. The number of nitrogens with zero attached hydrogens (tertiary/aromatic N) is 4. The molecule has 3 rings (SSSR count). The van der Waals surface area contributed by atoms with Crippen LogP contribution in [0.4, 0.5) is 5.82 Å². The zero-order valence-electron chi connectivity index (χ0n) is 15.8. The van der Waals surface area contributed by atoms with E-state index in [1.54, 1.807) is 18.3 Å². The van der Waals surface area contributed by atoms with Crippen molar-refractivity contribution in [2.75, 3.05) is 44.7 Å². The number of nitriles is 1. The average molecular weight is 379 g/mol. The molecule has 1 fully saturated rings. The number of carbonyl (C=O) groups is 1. The summed E-state index contributed by atoms with van der Waals surface area (Å²) in [6, 6.07) is 7.21. The predicted molar refractivity (Wildman–Crippen MR) is 107 cm³/mol. The Labute approximate surface area is 163 Å². The van der Waals surface area contributed by atoms with E-state index in [-0.39, 0.29) is 23.2 Å². The normalized spacial score (nSPS) is 15.3. The Bertz CT molecular complexity index is 1030. The number of anilines is 1. The minimum atomic E-state index is -0.547. The number of amides is 1. The molecular formula is C20H23N6O2+. The molecular weight excluding hydrogens is 356 g/mol. The van der Waals surface area contributed by atoms with Crippen LogP contribution in [-0.4, -0.2) is 55.1 Å². The van der Waals surface area contributed by atoms with Gasteiger partial charge in [-0.15, -0.1) is 6.58 Å². The van der Waals surface area contributed by atoms with E-state index in [1.165, 1.54) is 21.5 Å². The molecule has 3 heterocycles.